The van der Waals surface area contributed by atoms with Crippen LogP contribution in [0.3, 0.4) is 0 Å². The second-order valence-corrected chi connectivity index (χ2v) is 6.27. The third kappa shape index (κ3) is 4.26. The molecule has 140 valence electrons. The third-order valence-electron chi connectivity index (χ3n) is 3.59. The number of hydrogen-bond donors (Lipinski definition) is 2. The van der Waals surface area contributed by atoms with Crippen LogP contribution in [-0.4, -0.2) is 36.5 Å². The summed E-state index contributed by atoms with van der Waals surface area (Å²) in [6, 6.07) is 5.59. The molecule has 2 aromatic heterocycles. The first-order chi connectivity index (χ1) is 12.8. The normalized spacial score (nSPS) is 10.8. The summed E-state index contributed by atoms with van der Waals surface area (Å²) >= 11 is 12.0. The van der Waals surface area contributed by atoms with E-state index >= 15 is 0 Å². The van der Waals surface area contributed by atoms with E-state index in [4.69, 9.17) is 28.3 Å². The zero-order chi connectivity index (χ0) is 19.6. The zero-order valence-electron chi connectivity index (χ0n) is 13.6. The van der Waals surface area contributed by atoms with Crippen LogP contribution >= 0.6 is 23.2 Å². The second kappa shape index (κ2) is 7.77. The number of carboxylic acid groups (broad SMARTS) is 1. The van der Waals surface area contributed by atoms with Gasteiger partial charge in [-0.15, -0.1) is 0 Å². The topological polar surface area (TPSA) is 102 Å². The largest absolute Gasteiger partial charge is 0.477 e. The van der Waals surface area contributed by atoms with E-state index < -0.39 is 17.7 Å². The van der Waals surface area contributed by atoms with Gasteiger partial charge in [0.1, 0.15) is 23.1 Å². The molecule has 0 unspecified atom stereocenters. The van der Waals surface area contributed by atoms with Gasteiger partial charge in [-0.1, -0.05) is 29.3 Å². The van der Waals surface area contributed by atoms with Gasteiger partial charge in [0.25, 0.3) is 0 Å². The molecule has 0 bridgehead atoms. The van der Waals surface area contributed by atoms with Crippen molar-refractivity contribution in [3.05, 3.63) is 63.8 Å². The second-order valence-electron chi connectivity index (χ2n) is 5.45. The molecule has 3 aromatic rings. The summed E-state index contributed by atoms with van der Waals surface area (Å²) in [6.07, 6.45) is 2.69. The van der Waals surface area contributed by atoms with E-state index in [9.17, 15) is 14.0 Å². The van der Waals surface area contributed by atoms with Crippen LogP contribution in [0.15, 0.2) is 36.7 Å². The van der Waals surface area contributed by atoms with Gasteiger partial charge in [-0.3, -0.25) is 9.48 Å². The molecule has 0 fully saturated rings. The third-order valence-corrected chi connectivity index (χ3v) is 4.22. The number of carbonyl (C=O) groups is 2. The summed E-state index contributed by atoms with van der Waals surface area (Å²) in [6.45, 7) is -0.319. The summed E-state index contributed by atoms with van der Waals surface area (Å²) in [5.74, 6) is -2.21. The highest BCUT2D eigenvalue weighted by molar-refractivity contribution is 6.33. The Balaban J connectivity index is 1.72. The predicted octanol–water partition coefficient (Wildman–Crippen LogP) is 2.91. The predicted molar refractivity (Wildman–Crippen MR) is 95.6 cm³/mol. The molecule has 1 aromatic carbocycles. The minimum Gasteiger partial charge on any atom is -0.477 e. The van der Waals surface area contributed by atoms with E-state index in [2.05, 4.69) is 15.5 Å². The number of benzene rings is 1. The molecule has 0 saturated heterocycles. The van der Waals surface area contributed by atoms with Gasteiger partial charge in [0, 0.05) is 23.0 Å². The summed E-state index contributed by atoms with van der Waals surface area (Å²) in [5.41, 5.74) is 0.106. The number of nitrogens with zero attached hydrogens (tertiary/aromatic N) is 4. The van der Waals surface area contributed by atoms with E-state index in [0.717, 1.165) is 4.68 Å². The molecule has 0 spiro atoms. The standard InChI is InChI=1S/C16H12Cl2FN5O3/c17-10-2-1-3-12(19)9(10)6-23-7-11(18)15(22-23)21-14(25)8-24-13(16(26)27)4-5-20-24/h1-5,7H,6,8H2,(H,26,27)(H,21,22,25). The molecule has 3 rings (SSSR count). The molecule has 0 aliphatic rings. The Morgan fingerprint density at radius 3 is 2.70 bits per heavy atom. The summed E-state index contributed by atoms with van der Waals surface area (Å²) in [7, 11) is 0. The monoisotopic (exact) mass is 411 g/mol. The average molecular weight is 412 g/mol. The highest BCUT2D eigenvalue weighted by Crippen LogP contribution is 2.23. The van der Waals surface area contributed by atoms with Gasteiger partial charge >= 0.3 is 5.97 Å². The summed E-state index contributed by atoms with van der Waals surface area (Å²) in [4.78, 5) is 23.2. The number of nitrogens with one attached hydrogen (secondary N) is 1. The fourth-order valence-electron chi connectivity index (χ4n) is 2.36. The number of carboxylic acids is 1. The van der Waals surface area contributed by atoms with Crippen molar-refractivity contribution in [2.45, 2.75) is 13.1 Å². The Hall–Kier alpha value is -2.91. The lowest BCUT2D eigenvalue weighted by Gasteiger charge is -2.06. The first-order valence-electron chi connectivity index (χ1n) is 7.56. The lowest BCUT2D eigenvalue weighted by molar-refractivity contribution is -0.116. The maximum Gasteiger partial charge on any atom is 0.354 e. The number of halogens is 3. The van der Waals surface area contributed by atoms with Gasteiger partial charge in [-0.25, -0.2) is 13.9 Å². The van der Waals surface area contributed by atoms with Gasteiger partial charge in [0.15, 0.2) is 5.82 Å². The lowest BCUT2D eigenvalue weighted by Crippen LogP contribution is -2.22. The number of rotatable bonds is 6. The number of hydrogen-bond acceptors (Lipinski definition) is 4. The smallest absolute Gasteiger partial charge is 0.354 e. The van der Waals surface area contributed by atoms with Crippen molar-refractivity contribution in [3.63, 3.8) is 0 Å². The number of carbonyl (C=O) groups excluding carboxylic acids is 1. The SMILES string of the molecule is O=C(Cn1nccc1C(=O)O)Nc1nn(Cc2c(F)cccc2Cl)cc1Cl. The Morgan fingerprint density at radius 2 is 2.00 bits per heavy atom. The van der Waals surface area contributed by atoms with Crippen LogP contribution in [0.2, 0.25) is 10.0 Å². The number of amides is 1. The van der Waals surface area contributed by atoms with Crippen molar-refractivity contribution >= 4 is 40.9 Å². The average Bonchev–Trinajstić information content (AvgIpc) is 3.18. The van der Waals surface area contributed by atoms with E-state index in [1.165, 1.54) is 35.3 Å². The van der Waals surface area contributed by atoms with Crippen LogP contribution in [0, 0.1) is 5.82 Å². The molecule has 1 amide bonds. The molecule has 2 heterocycles. The molecular weight excluding hydrogens is 400 g/mol. The van der Waals surface area contributed by atoms with E-state index in [1.807, 2.05) is 0 Å². The Morgan fingerprint density at radius 1 is 1.22 bits per heavy atom. The van der Waals surface area contributed by atoms with Crippen LogP contribution in [0.5, 0.6) is 0 Å². The van der Waals surface area contributed by atoms with E-state index in [1.54, 1.807) is 6.07 Å². The van der Waals surface area contributed by atoms with Crippen LogP contribution in [-0.2, 0) is 17.9 Å². The Bertz CT molecular complexity index is 997. The molecular formula is C16H12Cl2FN5O3. The summed E-state index contributed by atoms with van der Waals surface area (Å²) < 4.78 is 16.2. The Kier molecular flexibility index (Phi) is 5.43. The van der Waals surface area contributed by atoms with Crippen molar-refractivity contribution < 1.29 is 19.1 Å². The summed E-state index contributed by atoms with van der Waals surface area (Å²) in [5, 5.41) is 19.7. The maximum absolute atomic E-state index is 13.9. The lowest BCUT2D eigenvalue weighted by atomic mass is 10.2. The molecule has 0 radical (unpaired) electrons. The van der Waals surface area contributed by atoms with Crippen LogP contribution in [0.4, 0.5) is 10.2 Å². The van der Waals surface area contributed by atoms with Crippen molar-refractivity contribution in [1.29, 1.82) is 0 Å². The highest BCUT2D eigenvalue weighted by Gasteiger charge is 2.16. The van der Waals surface area contributed by atoms with Crippen LogP contribution < -0.4 is 5.32 Å². The van der Waals surface area contributed by atoms with Crippen molar-refractivity contribution in [3.8, 4) is 0 Å². The molecule has 0 atom stereocenters. The maximum atomic E-state index is 13.9. The molecule has 0 aliphatic carbocycles. The highest BCUT2D eigenvalue weighted by atomic mass is 35.5. The van der Waals surface area contributed by atoms with Gasteiger partial charge in [0.2, 0.25) is 5.91 Å². The van der Waals surface area contributed by atoms with Crippen molar-refractivity contribution in [1.82, 2.24) is 19.6 Å². The van der Waals surface area contributed by atoms with E-state index in [0.29, 0.717) is 0 Å². The molecule has 2 N–H and O–H groups in total. The molecule has 27 heavy (non-hydrogen) atoms. The number of aromatic carboxylic acids is 1. The first-order valence-corrected chi connectivity index (χ1v) is 8.31. The fourth-order valence-corrected chi connectivity index (χ4v) is 2.78. The van der Waals surface area contributed by atoms with Crippen LogP contribution in [0.1, 0.15) is 16.1 Å². The van der Waals surface area contributed by atoms with Crippen molar-refractivity contribution in [2.24, 2.45) is 0 Å². The number of anilines is 1. The minimum atomic E-state index is -1.20. The first kappa shape index (κ1) is 18.9. The fraction of sp³-hybridized carbons (Fsp3) is 0.125. The molecule has 0 saturated carbocycles. The zero-order valence-corrected chi connectivity index (χ0v) is 15.1. The number of aromatic nitrogens is 4. The quantitative estimate of drug-likeness (QED) is 0.648. The van der Waals surface area contributed by atoms with Crippen LogP contribution in [0.25, 0.3) is 0 Å². The van der Waals surface area contributed by atoms with Gasteiger partial charge in [-0.2, -0.15) is 10.2 Å². The van der Waals surface area contributed by atoms with Gasteiger partial charge in [-0.05, 0) is 18.2 Å². The molecule has 11 heteroatoms. The molecule has 0 aliphatic heterocycles. The minimum absolute atomic E-state index is 0.0173. The molecule has 8 nitrogen and oxygen atoms in total. The Labute approximate surface area is 162 Å². The van der Waals surface area contributed by atoms with Gasteiger partial charge in [0.05, 0.1) is 6.54 Å². The van der Waals surface area contributed by atoms with Gasteiger partial charge < -0.3 is 10.4 Å². The van der Waals surface area contributed by atoms with Crippen molar-refractivity contribution in [2.75, 3.05) is 5.32 Å². The van der Waals surface area contributed by atoms with E-state index in [-0.39, 0.29) is 40.2 Å².